The van der Waals surface area contributed by atoms with Gasteiger partial charge in [0.2, 0.25) is 5.91 Å². The van der Waals surface area contributed by atoms with Gasteiger partial charge in [-0.2, -0.15) is 0 Å². The molecule has 1 aromatic carbocycles. The molecule has 0 saturated heterocycles. The Balaban J connectivity index is 2.12. The SMILES string of the molecule is O=Cc1ccc(-c2cccc3c2CC(=O)NC3)o1. The van der Waals surface area contributed by atoms with E-state index in [1.807, 2.05) is 18.2 Å². The Hall–Kier alpha value is -2.36. The third-order valence-electron chi connectivity index (χ3n) is 3.09. The standard InChI is InChI=1S/C14H11NO3/c16-8-10-4-5-13(18-10)11-3-1-2-9-7-15-14(17)6-12(9)11/h1-5,8H,6-7H2,(H,15,17). The number of furan rings is 1. The molecule has 0 unspecified atom stereocenters. The fourth-order valence-corrected chi connectivity index (χ4v) is 2.22. The van der Waals surface area contributed by atoms with Crippen molar-refractivity contribution in [2.75, 3.05) is 0 Å². The lowest BCUT2D eigenvalue weighted by Gasteiger charge is -2.18. The second-order valence-corrected chi connectivity index (χ2v) is 4.22. The molecule has 1 aliphatic rings. The number of amides is 1. The largest absolute Gasteiger partial charge is 0.453 e. The minimum Gasteiger partial charge on any atom is -0.453 e. The first-order valence-corrected chi connectivity index (χ1v) is 5.71. The van der Waals surface area contributed by atoms with Crippen molar-refractivity contribution in [1.29, 1.82) is 0 Å². The molecule has 4 heteroatoms. The molecule has 1 aliphatic heterocycles. The van der Waals surface area contributed by atoms with Crippen LogP contribution in [-0.2, 0) is 17.8 Å². The van der Waals surface area contributed by atoms with Crippen LogP contribution in [0, 0.1) is 0 Å². The fraction of sp³-hybridized carbons (Fsp3) is 0.143. The molecule has 0 fully saturated rings. The summed E-state index contributed by atoms with van der Waals surface area (Å²) in [5, 5.41) is 2.81. The topological polar surface area (TPSA) is 59.3 Å². The minimum absolute atomic E-state index is 0.0112. The Bertz CT molecular complexity index is 628. The lowest BCUT2D eigenvalue weighted by atomic mass is 9.94. The summed E-state index contributed by atoms with van der Waals surface area (Å²) in [7, 11) is 0. The molecule has 3 rings (SSSR count). The summed E-state index contributed by atoms with van der Waals surface area (Å²) in [5.74, 6) is 0.934. The van der Waals surface area contributed by atoms with Gasteiger partial charge >= 0.3 is 0 Å². The van der Waals surface area contributed by atoms with Gasteiger partial charge in [0.25, 0.3) is 0 Å². The molecule has 0 atom stereocenters. The lowest BCUT2D eigenvalue weighted by molar-refractivity contribution is -0.121. The molecule has 0 saturated carbocycles. The van der Waals surface area contributed by atoms with Crippen LogP contribution in [0.15, 0.2) is 34.7 Å². The molecule has 1 aromatic heterocycles. The van der Waals surface area contributed by atoms with E-state index in [0.29, 0.717) is 30.8 Å². The van der Waals surface area contributed by atoms with Gasteiger partial charge in [0.1, 0.15) is 5.76 Å². The van der Waals surface area contributed by atoms with Gasteiger partial charge in [0, 0.05) is 12.1 Å². The number of fused-ring (bicyclic) bond motifs is 1. The van der Waals surface area contributed by atoms with Crippen LogP contribution in [0.2, 0.25) is 0 Å². The number of hydrogen-bond donors (Lipinski definition) is 1. The zero-order chi connectivity index (χ0) is 12.5. The number of hydrogen-bond acceptors (Lipinski definition) is 3. The minimum atomic E-state index is 0.0112. The maximum absolute atomic E-state index is 11.5. The number of aldehydes is 1. The first-order chi connectivity index (χ1) is 8.78. The Labute approximate surface area is 104 Å². The van der Waals surface area contributed by atoms with Crippen LogP contribution in [0.1, 0.15) is 21.7 Å². The third-order valence-corrected chi connectivity index (χ3v) is 3.09. The van der Waals surface area contributed by atoms with Crippen molar-refractivity contribution in [3.8, 4) is 11.3 Å². The van der Waals surface area contributed by atoms with Crippen LogP contribution in [-0.4, -0.2) is 12.2 Å². The number of benzene rings is 1. The second-order valence-electron chi connectivity index (χ2n) is 4.22. The molecule has 4 nitrogen and oxygen atoms in total. The van der Waals surface area contributed by atoms with Crippen LogP contribution < -0.4 is 5.32 Å². The highest BCUT2D eigenvalue weighted by Crippen LogP contribution is 2.29. The Kier molecular flexibility index (Phi) is 2.48. The van der Waals surface area contributed by atoms with Crippen LogP contribution in [0.25, 0.3) is 11.3 Å². The van der Waals surface area contributed by atoms with Crippen molar-refractivity contribution in [2.24, 2.45) is 0 Å². The number of nitrogens with one attached hydrogen (secondary N) is 1. The maximum Gasteiger partial charge on any atom is 0.224 e. The van der Waals surface area contributed by atoms with Gasteiger partial charge in [0.15, 0.2) is 12.0 Å². The molecule has 90 valence electrons. The van der Waals surface area contributed by atoms with E-state index in [2.05, 4.69) is 5.32 Å². The van der Waals surface area contributed by atoms with Crippen molar-refractivity contribution in [3.05, 3.63) is 47.2 Å². The van der Waals surface area contributed by atoms with Crippen molar-refractivity contribution in [3.63, 3.8) is 0 Å². The Morgan fingerprint density at radius 2 is 2.11 bits per heavy atom. The highest BCUT2D eigenvalue weighted by Gasteiger charge is 2.19. The highest BCUT2D eigenvalue weighted by atomic mass is 16.3. The maximum atomic E-state index is 11.5. The summed E-state index contributed by atoms with van der Waals surface area (Å²) in [5.41, 5.74) is 2.96. The van der Waals surface area contributed by atoms with Gasteiger partial charge in [-0.25, -0.2) is 0 Å². The molecule has 2 aromatic rings. The van der Waals surface area contributed by atoms with E-state index >= 15 is 0 Å². The van der Waals surface area contributed by atoms with Crippen LogP contribution in [0.5, 0.6) is 0 Å². The molecular formula is C14H11NO3. The summed E-state index contributed by atoms with van der Waals surface area (Å²) >= 11 is 0. The lowest BCUT2D eigenvalue weighted by Crippen LogP contribution is -2.30. The van der Waals surface area contributed by atoms with Crippen LogP contribution in [0.3, 0.4) is 0 Å². The Morgan fingerprint density at radius 1 is 1.22 bits per heavy atom. The zero-order valence-corrected chi connectivity index (χ0v) is 9.60. The van der Waals surface area contributed by atoms with E-state index < -0.39 is 0 Å². The van der Waals surface area contributed by atoms with E-state index in [1.54, 1.807) is 12.1 Å². The van der Waals surface area contributed by atoms with Crippen molar-refractivity contribution in [2.45, 2.75) is 13.0 Å². The summed E-state index contributed by atoms with van der Waals surface area (Å²) in [4.78, 5) is 22.1. The molecule has 1 amide bonds. The quantitative estimate of drug-likeness (QED) is 0.817. The average molecular weight is 241 g/mol. The number of carbonyl (C=O) groups is 2. The molecule has 18 heavy (non-hydrogen) atoms. The van der Waals surface area contributed by atoms with Crippen molar-refractivity contribution < 1.29 is 14.0 Å². The first-order valence-electron chi connectivity index (χ1n) is 5.71. The van der Waals surface area contributed by atoms with E-state index in [4.69, 9.17) is 4.42 Å². The number of rotatable bonds is 2. The zero-order valence-electron chi connectivity index (χ0n) is 9.60. The fourth-order valence-electron chi connectivity index (χ4n) is 2.22. The van der Waals surface area contributed by atoms with Crippen LogP contribution >= 0.6 is 0 Å². The third kappa shape index (κ3) is 1.72. The van der Waals surface area contributed by atoms with E-state index in [-0.39, 0.29) is 5.91 Å². The molecule has 1 N–H and O–H groups in total. The van der Waals surface area contributed by atoms with Gasteiger partial charge in [0.05, 0.1) is 6.42 Å². The molecule has 0 radical (unpaired) electrons. The van der Waals surface area contributed by atoms with E-state index in [9.17, 15) is 9.59 Å². The van der Waals surface area contributed by atoms with Gasteiger partial charge in [-0.1, -0.05) is 18.2 Å². The number of carbonyl (C=O) groups excluding carboxylic acids is 2. The molecule has 0 spiro atoms. The molecule has 2 heterocycles. The van der Waals surface area contributed by atoms with Gasteiger partial charge in [-0.05, 0) is 23.3 Å². The average Bonchev–Trinajstić information content (AvgIpc) is 2.86. The van der Waals surface area contributed by atoms with E-state index in [0.717, 1.165) is 16.7 Å². The first kappa shape index (κ1) is 10.8. The monoisotopic (exact) mass is 241 g/mol. The van der Waals surface area contributed by atoms with Gasteiger partial charge < -0.3 is 9.73 Å². The van der Waals surface area contributed by atoms with Crippen molar-refractivity contribution >= 4 is 12.2 Å². The summed E-state index contributed by atoms with van der Waals surface area (Å²) in [6.07, 6.45) is 1.02. The highest BCUT2D eigenvalue weighted by molar-refractivity contribution is 5.84. The normalized spacial score (nSPS) is 13.9. The Morgan fingerprint density at radius 3 is 2.89 bits per heavy atom. The predicted octanol–water partition coefficient (Wildman–Crippen LogP) is 1.93. The van der Waals surface area contributed by atoms with Gasteiger partial charge in [-0.3, -0.25) is 9.59 Å². The molecule has 0 aliphatic carbocycles. The van der Waals surface area contributed by atoms with E-state index in [1.165, 1.54) is 0 Å². The van der Waals surface area contributed by atoms with Crippen LogP contribution in [0.4, 0.5) is 0 Å². The summed E-state index contributed by atoms with van der Waals surface area (Å²) in [6, 6.07) is 9.21. The predicted molar refractivity (Wildman–Crippen MR) is 65.1 cm³/mol. The van der Waals surface area contributed by atoms with Gasteiger partial charge in [-0.15, -0.1) is 0 Å². The second kappa shape index (κ2) is 4.14. The molecular weight excluding hydrogens is 230 g/mol. The van der Waals surface area contributed by atoms with Crippen molar-refractivity contribution in [1.82, 2.24) is 5.32 Å². The summed E-state index contributed by atoms with van der Waals surface area (Å²) in [6.45, 7) is 0.545. The smallest absolute Gasteiger partial charge is 0.224 e. The summed E-state index contributed by atoms with van der Waals surface area (Å²) < 4.78 is 5.42. The molecule has 0 bridgehead atoms.